The zero-order valence-electron chi connectivity index (χ0n) is 11.8. The lowest BCUT2D eigenvalue weighted by atomic mass is 10.0. The van der Waals surface area contributed by atoms with Gasteiger partial charge in [-0.1, -0.05) is 18.2 Å². The zero-order chi connectivity index (χ0) is 14.2. The average Bonchev–Trinajstić information content (AvgIpc) is 2.97. The van der Waals surface area contributed by atoms with Gasteiger partial charge in [-0.25, -0.2) is 4.98 Å². The highest BCUT2D eigenvalue weighted by Crippen LogP contribution is 2.27. The quantitative estimate of drug-likeness (QED) is 0.784. The van der Waals surface area contributed by atoms with Crippen LogP contribution in [0.25, 0.3) is 16.6 Å². The van der Waals surface area contributed by atoms with Crippen molar-refractivity contribution in [1.29, 1.82) is 0 Å². The summed E-state index contributed by atoms with van der Waals surface area (Å²) < 4.78 is 2.18. The predicted octanol–water partition coefficient (Wildman–Crippen LogP) is 2.79. The van der Waals surface area contributed by atoms with Gasteiger partial charge in [-0.05, 0) is 37.8 Å². The molecule has 3 aromatic rings. The third kappa shape index (κ3) is 2.03. The summed E-state index contributed by atoms with van der Waals surface area (Å²) in [5.41, 5.74) is 5.20. The van der Waals surface area contributed by atoms with Gasteiger partial charge in [-0.2, -0.15) is 0 Å². The van der Waals surface area contributed by atoms with Crippen molar-refractivity contribution in [3.05, 3.63) is 53.7 Å². The highest BCUT2D eigenvalue weighted by molar-refractivity contribution is 5.87. The van der Waals surface area contributed by atoms with Crippen molar-refractivity contribution >= 4 is 10.9 Å². The Morgan fingerprint density at radius 3 is 2.90 bits per heavy atom. The molecule has 1 aliphatic carbocycles. The van der Waals surface area contributed by atoms with Crippen LogP contribution in [-0.2, 0) is 19.4 Å². The number of pyridine rings is 1. The summed E-state index contributed by atoms with van der Waals surface area (Å²) in [6, 6.07) is 10.0. The molecule has 106 valence electrons. The second kappa shape index (κ2) is 4.97. The van der Waals surface area contributed by atoms with Crippen molar-refractivity contribution in [2.45, 2.75) is 32.3 Å². The van der Waals surface area contributed by atoms with Gasteiger partial charge in [0, 0.05) is 11.1 Å². The summed E-state index contributed by atoms with van der Waals surface area (Å²) in [5, 5.41) is 10.6. The summed E-state index contributed by atoms with van der Waals surface area (Å²) in [7, 11) is 0. The van der Waals surface area contributed by atoms with Crippen molar-refractivity contribution in [2.75, 3.05) is 0 Å². The Morgan fingerprint density at radius 1 is 1.14 bits per heavy atom. The molecule has 0 bridgehead atoms. The summed E-state index contributed by atoms with van der Waals surface area (Å²) in [4.78, 5) is 9.07. The van der Waals surface area contributed by atoms with E-state index in [0.717, 1.165) is 29.4 Å². The predicted molar refractivity (Wildman–Crippen MR) is 81.4 cm³/mol. The lowest BCUT2D eigenvalue weighted by molar-refractivity contribution is 0.277. The number of imidazole rings is 1. The largest absolute Gasteiger partial charge is 0.390 e. The molecule has 0 unspecified atom stereocenters. The number of nitrogens with zero attached hydrogens (tertiary/aromatic N) is 3. The Hall–Kier alpha value is -2.20. The second-order valence-corrected chi connectivity index (χ2v) is 5.52. The Bertz CT molecular complexity index is 807. The van der Waals surface area contributed by atoms with E-state index >= 15 is 0 Å². The van der Waals surface area contributed by atoms with E-state index in [1.165, 1.54) is 24.2 Å². The van der Waals surface area contributed by atoms with Gasteiger partial charge in [-0.15, -0.1) is 0 Å². The minimum atomic E-state index is -0.0469. The highest BCUT2D eigenvalue weighted by Gasteiger charge is 2.17. The van der Waals surface area contributed by atoms with E-state index in [4.69, 9.17) is 0 Å². The first-order valence-electron chi connectivity index (χ1n) is 7.42. The molecule has 4 nitrogen and oxygen atoms in total. The molecule has 4 rings (SSSR count). The van der Waals surface area contributed by atoms with Crippen molar-refractivity contribution in [1.82, 2.24) is 14.5 Å². The van der Waals surface area contributed by atoms with Gasteiger partial charge in [0.05, 0.1) is 35.5 Å². The minimum absolute atomic E-state index is 0.0469. The second-order valence-electron chi connectivity index (χ2n) is 5.52. The first kappa shape index (κ1) is 12.5. The first-order chi connectivity index (χ1) is 10.4. The number of aliphatic hydroxyl groups excluding tert-OH is 1. The molecule has 1 aromatic carbocycles. The van der Waals surface area contributed by atoms with Gasteiger partial charge in [0.15, 0.2) is 0 Å². The number of aromatic nitrogens is 3. The van der Waals surface area contributed by atoms with Gasteiger partial charge in [0.25, 0.3) is 0 Å². The van der Waals surface area contributed by atoms with Crippen LogP contribution in [0.2, 0.25) is 0 Å². The SMILES string of the molecule is OCc1cc(-n2cnc3c2CCCC3)c2ccccc2n1. The topological polar surface area (TPSA) is 50.9 Å². The van der Waals surface area contributed by atoms with E-state index in [9.17, 15) is 5.11 Å². The number of fused-ring (bicyclic) bond motifs is 2. The molecule has 0 aliphatic heterocycles. The lowest BCUT2D eigenvalue weighted by Crippen LogP contribution is -2.08. The maximum atomic E-state index is 9.47. The Labute approximate surface area is 123 Å². The van der Waals surface area contributed by atoms with E-state index in [0.29, 0.717) is 5.69 Å². The van der Waals surface area contributed by atoms with Gasteiger partial charge in [0.2, 0.25) is 0 Å². The van der Waals surface area contributed by atoms with E-state index < -0.39 is 0 Å². The third-order valence-corrected chi connectivity index (χ3v) is 4.20. The number of aryl methyl sites for hydroxylation is 1. The minimum Gasteiger partial charge on any atom is -0.390 e. The number of benzene rings is 1. The zero-order valence-corrected chi connectivity index (χ0v) is 11.8. The van der Waals surface area contributed by atoms with Crippen LogP contribution in [0.15, 0.2) is 36.7 Å². The normalized spacial score (nSPS) is 14.3. The molecule has 2 aromatic heterocycles. The van der Waals surface area contributed by atoms with Crippen molar-refractivity contribution in [3.8, 4) is 5.69 Å². The molecule has 21 heavy (non-hydrogen) atoms. The third-order valence-electron chi connectivity index (χ3n) is 4.20. The van der Waals surface area contributed by atoms with Crippen LogP contribution >= 0.6 is 0 Å². The molecule has 0 fully saturated rings. The lowest BCUT2D eigenvalue weighted by Gasteiger charge is -2.16. The van der Waals surface area contributed by atoms with Crippen LogP contribution in [-0.4, -0.2) is 19.6 Å². The molecule has 1 aliphatic rings. The number of para-hydroxylation sites is 1. The summed E-state index contributed by atoms with van der Waals surface area (Å²) in [5.74, 6) is 0. The molecule has 0 atom stereocenters. The van der Waals surface area contributed by atoms with Crippen LogP contribution in [0.4, 0.5) is 0 Å². The van der Waals surface area contributed by atoms with E-state index in [2.05, 4.69) is 20.6 Å². The average molecular weight is 279 g/mol. The molecule has 0 saturated carbocycles. The Balaban J connectivity index is 1.99. The molecule has 0 spiro atoms. The number of hydrogen-bond acceptors (Lipinski definition) is 3. The number of aliphatic hydroxyl groups is 1. The van der Waals surface area contributed by atoms with Crippen LogP contribution in [0.5, 0.6) is 0 Å². The Kier molecular flexibility index (Phi) is 2.97. The molecule has 1 N–H and O–H groups in total. The maximum absolute atomic E-state index is 9.47. The fraction of sp³-hybridized carbons (Fsp3) is 0.294. The van der Waals surface area contributed by atoms with Crippen LogP contribution < -0.4 is 0 Å². The molecular weight excluding hydrogens is 262 g/mol. The standard InChI is InChI=1S/C17H17N3O/c21-10-12-9-17(13-5-1-2-6-14(13)19-12)20-11-18-15-7-3-4-8-16(15)20/h1-2,5-6,9,11,21H,3-4,7-8,10H2. The maximum Gasteiger partial charge on any atom is 0.0997 e. The smallest absolute Gasteiger partial charge is 0.0997 e. The molecule has 0 saturated heterocycles. The van der Waals surface area contributed by atoms with E-state index in [1.807, 2.05) is 30.6 Å². The van der Waals surface area contributed by atoms with Crippen molar-refractivity contribution < 1.29 is 5.11 Å². The highest BCUT2D eigenvalue weighted by atomic mass is 16.3. The monoisotopic (exact) mass is 279 g/mol. The molecular formula is C17H17N3O. The van der Waals surface area contributed by atoms with Gasteiger partial charge >= 0.3 is 0 Å². The molecule has 0 amide bonds. The fourth-order valence-corrected chi connectivity index (χ4v) is 3.17. The number of hydrogen-bond donors (Lipinski definition) is 1. The van der Waals surface area contributed by atoms with E-state index in [-0.39, 0.29) is 6.61 Å². The fourth-order valence-electron chi connectivity index (χ4n) is 3.17. The summed E-state index contributed by atoms with van der Waals surface area (Å²) in [6.07, 6.45) is 6.50. The van der Waals surface area contributed by atoms with Gasteiger partial charge in [0.1, 0.15) is 0 Å². The van der Waals surface area contributed by atoms with Crippen LogP contribution in [0.1, 0.15) is 29.9 Å². The molecule has 4 heteroatoms. The summed E-state index contributed by atoms with van der Waals surface area (Å²) in [6.45, 7) is -0.0469. The van der Waals surface area contributed by atoms with Crippen molar-refractivity contribution in [3.63, 3.8) is 0 Å². The van der Waals surface area contributed by atoms with E-state index in [1.54, 1.807) is 0 Å². The van der Waals surface area contributed by atoms with Crippen LogP contribution in [0, 0.1) is 0 Å². The first-order valence-corrected chi connectivity index (χ1v) is 7.42. The van der Waals surface area contributed by atoms with Gasteiger partial charge in [-0.3, -0.25) is 4.98 Å². The van der Waals surface area contributed by atoms with Crippen LogP contribution in [0.3, 0.4) is 0 Å². The molecule has 2 heterocycles. The Morgan fingerprint density at radius 2 is 2.00 bits per heavy atom. The number of rotatable bonds is 2. The van der Waals surface area contributed by atoms with Gasteiger partial charge < -0.3 is 9.67 Å². The van der Waals surface area contributed by atoms with Crippen molar-refractivity contribution in [2.24, 2.45) is 0 Å². The molecule has 0 radical (unpaired) electrons. The summed E-state index contributed by atoms with van der Waals surface area (Å²) >= 11 is 0.